The fourth-order valence-electron chi connectivity index (χ4n) is 5.74. The van der Waals surface area contributed by atoms with Crippen molar-refractivity contribution in [3.8, 4) is 17.2 Å². The number of carbonyl (C=O) groups excluding carboxylic acids is 2. The van der Waals surface area contributed by atoms with Crippen LogP contribution in [0.25, 0.3) is 5.76 Å². The van der Waals surface area contributed by atoms with E-state index in [0.29, 0.717) is 58.3 Å². The molecule has 11 heteroatoms. The van der Waals surface area contributed by atoms with Crippen LogP contribution in [0.2, 0.25) is 0 Å². The lowest BCUT2D eigenvalue weighted by atomic mass is 9.94. The number of rotatable bonds is 12. The minimum atomic E-state index is -0.986. The van der Waals surface area contributed by atoms with Crippen molar-refractivity contribution >= 4 is 45.7 Å². The van der Waals surface area contributed by atoms with E-state index in [1.807, 2.05) is 26.8 Å². The van der Waals surface area contributed by atoms with Gasteiger partial charge in [-0.1, -0.05) is 72.8 Å². The fraction of sp³-hybridized carbons (Fsp3) is 0.351. The minimum absolute atomic E-state index is 0.0108. The molecule has 1 saturated heterocycles. The monoisotopic (exact) mass is 685 g/mol. The van der Waals surface area contributed by atoms with Gasteiger partial charge < -0.3 is 19.3 Å². The van der Waals surface area contributed by atoms with Gasteiger partial charge in [0.25, 0.3) is 5.78 Å². The summed E-state index contributed by atoms with van der Waals surface area (Å²) in [6.45, 7) is 11.1. The quantitative estimate of drug-likeness (QED) is 0.0523. The second-order valence-corrected chi connectivity index (χ2v) is 14.6. The number of ketones is 1. The Kier molecular flexibility index (Phi) is 10.1. The number of aliphatic hydroxyl groups is 1. The van der Waals surface area contributed by atoms with Gasteiger partial charge in [-0.15, -0.1) is 10.2 Å². The number of hydrogen-bond acceptors (Lipinski definition) is 10. The van der Waals surface area contributed by atoms with Crippen LogP contribution in [0.3, 0.4) is 0 Å². The average Bonchev–Trinajstić information content (AvgIpc) is 3.75. The van der Waals surface area contributed by atoms with Gasteiger partial charge in [-0.25, -0.2) is 0 Å². The lowest BCUT2D eigenvalue weighted by Gasteiger charge is -2.24. The summed E-state index contributed by atoms with van der Waals surface area (Å²) in [5.74, 6) is 1.08. The van der Waals surface area contributed by atoms with Crippen LogP contribution in [0.5, 0.6) is 17.2 Å². The Bertz CT molecular complexity index is 1850. The SMILES string of the molecule is CCOc1cc([C@@H]2/C(=C(\O)c3ccc4c(c3)C[C@@H](C)O4)C(=O)C(=O)N2c2nnc(SCc3ccc(C)cc3)s2)ccc1OCCC(C)C. The first-order valence-electron chi connectivity index (χ1n) is 16.1. The molecule has 6 rings (SSSR count). The van der Waals surface area contributed by atoms with E-state index in [1.165, 1.54) is 33.6 Å². The van der Waals surface area contributed by atoms with E-state index < -0.39 is 17.7 Å². The zero-order valence-electron chi connectivity index (χ0n) is 27.7. The number of aromatic nitrogens is 2. The Morgan fingerprint density at radius 1 is 1.06 bits per heavy atom. The number of hydrogen-bond donors (Lipinski definition) is 1. The van der Waals surface area contributed by atoms with Crippen molar-refractivity contribution in [1.29, 1.82) is 0 Å². The summed E-state index contributed by atoms with van der Waals surface area (Å²) < 4.78 is 18.6. The van der Waals surface area contributed by atoms with Crippen molar-refractivity contribution in [2.75, 3.05) is 18.1 Å². The van der Waals surface area contributed by atoms with Crippen LogP contribution in [0.4, 0.5) is 5.13 Å². The summed E-state index contributed by atoms with van der Waals surface area (Å²) in [6, 6.07) is 18.0. The van der Waals surface area contributed by atoms with Gasteiger partial charge >= 0.3 is 5.91 Å². The van der Waals surface area contributed by atoms with Crippen LogP contribution >= 0.6 is 23.1 Å². The van der Waals surface area contributed by atoms with Crippen molar-refractivity contribution in [2.24, 2.45) is 5.92 Å². The smallest absolute Gasteiger partial charge is 0.301 e. The van der Waals surface area contributed by atoms with E-state index in [2.05, 4.69) is 48.3 Å². The number of nitrogens with zero attached hydrogens (tertiary/aromatic N) is 3. The van der Waals surface area contributed by atoms with Crippen molar-refractivity contribution in [3.63, 3.8) is 0 Å². The Morgan fingerprint density at radius 3 is 2.60 bits per heavy atom. The molecular formula is C37H39N3O6S2. The summed E-state index contributed by atoms with van der Waals surface area (Å²) in [6.07, 6.45) is 1.56. The third kappa shape index (κ3) is 7.07. The van der Waals surface area contributed by atoms with Gasteiger partial charge in [0.2, 0.25) is 5.13 Å². The van der Waals surface area contributed by atoms with Gasteiger partial charge in [0.1, 0.15) is 17.6 Å². The zero-order chi connectivity index (χ0) is 33.9. The van der Waals surface area contributed by atoms with E-state index in [9.17, 15) is 14.7 Å². The maximum Gasteiger partial charge on any atom is 0.301 e. The van der Waals surface area contributed by atoms with Gasteiger partial charge in [-0.3, -0.25) is 14.5 Å². The largest absolute Gasteiger partial charge is 0.507 e. The molecule has 2 aliphatic rings. The first-order chi connectivity index (χ1) is 23.1. The van der Waals surface area contributed by atoms with Crippen molar-refractivity contribution in [1.82, 2.24) is 10.2 Å². The lowest BCUT2D eigenvalue weighted by Crippen LogP contribution is -2.29. The third-order valence-corrected chi connectivity index (χ3v) is 10.4. The van der Waals surface area contributed by atoms with Gasteiger partial charge in [0, 0.05) is 17.7 Å². The topological polar surface area (TPSA) is 111 Å². The van der Waals surface area contributed by atoms with Crippen LogP contribution in [-0.4, -0.2) is 46.3 Å². The number of amides is 1. The molecule has 0 unspecified atom stereocenters. The van der Waals surface area contributed by atoms with Crippen molar-refractivity contribution in [3.05, 3.63) is 94.1 Å². The van der Waals surface area contributed by atoms with Crippen molar-refractivity contribution in [2.45, 2.75) is 69.7 Å². The average molecular weight is 686 g/mol. The van der Waals surface area contributed by atoms with Gasteiger partial charge in [-0.05, 0) is 80.1 Å². The minimum Gasteiger partial charge on any atom is -0.507 e. The summed E-state index contributed by atoms with van der Waals surface area (Å²) in [5.41, 5.74) is 4.21. The third-order valence-electron chi connectivity index (χ3n) is 8.23. The number of ether oxygens (including phenoxy) is 3. The highest BCUT2D eigenvalue weighted by Crippen LogP contribution is 2.46. The number of aliphatic hydroxyl groups excluding tert-OH is 1. The number of thioether (sulfide) groups is 1. The Morgan fingerprint density at radius 2 is 1.85 bits per heavy atom. The molecule has 1 N–H and O–H groups in total. The van der Waals surface area contributed by atoms with Crippen LogP contribution in [-0.2, 0) is 21.8 Å². The molecule has 250 valence electrons. The van der Waals surface area contributed by atoms with E-state index in [1.54, 1.807) is 30.3 Å². The predicted octanol–water partition coefficient (Wildman–Crippen LogP) is 7.91. The highest BCUT2D eigenvalue weighted by Gasteiger charge is 2.48. The van der Waals surface area contributed by atoms with E-state index in [0.717, 1.165) is 23.3 Å². The molecule has 3 aromatic carbocycles. The summed E-state index contributed by atoms with van der Waals surface area (Å²) in [4.78, 5) is 29.1. The molecule has 0 aliphatic carbocycles. The highest BCUT2D eigenvalue weighted by molar-refractivity contribution is 8.00. The summed E-state index contributed by atoms with van der Waals surface area (Å²) in [5, 5.41) is 20.8. The second kappa shape index (κ2) is 14.4. The number of aryl methyl sites for hydroxylation is 1. The van der Waals surface area contributed by atoms with E-state index >= 15 is 0 Å². The maximum atomic E-state index is 13.9. The lowest BCUT2D eigenvalue weighted by molar-refractivity contribution is -0.132. The highest BCUT2D eigenvalue weighted by atomic mass is 32.2. The Hall–Kier alpha value is -4.35. The normalized spacial score (nSPS) is 18.3. The van der Waals surface area contributed by atoms with E-state index in [-0.39, 0.29) is 22.6 Å². The molecule has 3 heterocycles. The van der Waals surface area contributed by atoms with Gasteiger partial charge in [0.15, 0.2) is 15.8 Å². The first kappa shape index (κ1) is 33.5. The first-order valence-corrected chi connectivity index (χ1v) is 18.0. The van der Waals surface area contributed by atoms with Crippen LogP contribution < -0.4 is 19.1 Å². The molecule has 4 aromatic rings. The molecule has 0 radical (unpaired) electrons. The predicted molar refractivity (Wildman–Crippen MR) is 188 cm³/mol. The van der Waals surface area contributed by atoms with Crippen LogP contribution in [0, 0.1) is 12.8 Å². The van der Waals surface area contributed by atoms with Crippen LogP contribution in [0.1, 0.15) is 68.0 Å². The number of Topliss-reactive ketones (excluding diaryl/α,β-unsaturated/α-hetero) is 1. The molecule has 2 aliphatic heterocycles. The van der Waals surface area contributed by atoms with E-state index in [4.69, 9.17) is 14.2 Å². The molecule has 1 amide bonds. The molecule has 1 aromatic heterocycles. The molecule has 0 spiro atoms. The Labute approximate surface area is 288 Å². The number of anilines is 1. The number of fused-ring (bicyclic) bond motifs is 1. The second-order valence-electron chi connectivity index (χ2n) is 12.4. The fourth-order valence-corrected chi connectivity index (χ4v) is 7.57. The molecule has 0 bridgehead atoms. The molecule has 2 atom stereocenters. The zero-order valence-corrected chi connectivity index (χ0v) is 29.3. The standard InChI is InChI=1S/C37H39N3O6S2/c1-6-44-30-19-25(11-14-29(30)45-16-15-21(2)3)32-31(33(41)26-12-13-28-27(18-26)17-23(5)46-28)34(42)35(43)40(32)36-38-39-37(48-36)47-20-24-9-7-22(4)8-10-24/h7-14,18-19,21,23,32,41H,6,15-17,20H2,1-5H3/b33-31+/t23-,32-/m1/s1. The van der Waals surface area contributed by atoms with Gasteiger partial charge in [-0.2, -0.15) is 0 Å². The molecule has 1 fully saturated rings. The summed E-state index contributed by atoms with van der Waals surface area (Å²) in [7, 11) is 0. The molecule has 9 nitrogen and oxygen atoms in total. The number of benzene rings is 3. The summed E-state index contributed by atoms with van der Waals surface area (Å²) >= 11 is 2.74. The Balaban J connectivity index is 1.40. The molecule has 0 saturated carbocycles. The van der Waals surface area contributed by atoms with Crippen molar-refractivity contribution < 1.29 is 28.9 Å². The van der Waals surface area contributed by atoms with Gasteiger partial charge in [0.05, 0.1) is 24.8 Å². The maximum absolute atomic E-state index is 13.9. The molecular weight excluding hydrogens is 647 g/mol. The number of carbonyl (C=O) groups is 2. The molecule has 48 heavy (non-hydrogen) atoms. The van der Waals surface area contributed by atoms with Crippen LogP contribution in [0.15, 0.2) is 70.6 Å².